The fraction of sp³-hybridized carbons (Fsp3) is 0.533. The average molecular weight is 351 g/mol. The minimum atomic E-state index is -1.03. The van der Waals surface area contributed by atoms with E-state index in [0.717, 1.165) is 0 Å². The first kappa shape index (κ1) is 20.4. The molecule has 108 valence electrons. The number of hydrogen-bond donors (Lipinski definition) is 0. The van der Waals surface area contributed by atoms with Crippen LogP contribution in [0.1, 0.15) is 46.5 Å². The van der Waals surface area contributed by atoms with Crippen LogP contribution in [0.3, 0.4) is 0 Å². The molecule has 0 heterocycles. The third-order valence-electron chi connectivity index (χ3n) is 2.59. The van der Waals surface area contributed by atoms with Crippen LogP contribution in [0.25, 0.3) is 0 Å². The van der Waals surface area contributed by atoms with E-state index in [9.17, 15) is 14.4 Å². The fourth-order valence-electron chi connectivity index (χ4n) is 1.73. The third-order valence-corrected chi connectivity index (χ3v) is 2.59. The van der Waals surface area contributed by atoms with Crippen molar-refractivity contribution in [2.45, 2.75) is 46.5 Å². The van der Waals surface area contributed by atoms with E-state index < -0.39 is 5.92 Å². The quantitative estimate of drug-likeness (QED) is 0.580. The molecule has 1 aliphatic rings. The molecule has 0 radical (unpaired) electrons. The molecule has 0 aromatic carbocycles. The topological polar surface area (TPSA) is 51.2 Å². The van der Waals surface area contributed by atoms with Crippen LogP contribution in [-0.4, -0.2) is 17.3 Å². The molecule has 3 nitrogen and oxygen atoms in total. The molecule has 0 fully saturated rings. The van der Waals surface area contributed by atoms with Crippen molar-refractivity contribution in [3.05, 3.63) is 24.3 Å². The van der Waals surface area contributed by atoms with Crippen LogP contribution in [0.15, 0.2) is 24.3 Å². The first-order valence-corrected chi connectivity index (χ1v) is 6.29. The zero-order valence-electron chi connectivity index (χ0n) is 11.8. The van der Waals surface area contributed by atoms with Gasteiger partial charge in [-0.3, -0.25) is 14.4 Å². The third kappa shape index (κ3) is 10.7. The van der Waals surface area contributed by atoms with Gasteiger partial charge in [0.05, 0.1) is 0 Å². The molecule has 0 bridgehead atoms. The van der Waals surface area contributed by atoms with Gasteiger partial charge in [0.15, 0.2) is 0 Å². The number of hydrogen-bond acceptors (Lipinski definition) is 3. The second kappa shape index (κ2) is 12.2. The molecule has 0 unspecified atom stereocenters. The van der Waals surface area contributed by atoms with E-state index in [1.165, 1.54) is 46.5 Å². The van der Waals surface area contributed by atoms with Gasteiger partial charge in [0.2, 0.25) is 0 Å². The second-order valence-electron chi connectivity index (χ2n) is 4.41. The molecule has 0 aliphatic heterocycles. The minimum absolute atomic E-state index is 0. The summed E-state index contributed by atoms with van der Waals surface area (Å²) in [4.78, 5) is 31.8. The normalized spacial score (nSPS) is 16.8. The number of Topliss-reactive ketones (excluding diaryl/α,β-unsaturated/α-hetero) is 3. The molecular formula is C15H22O3Ru. The van der Waals surface area contributed by atoms with Gasteiger partial charge in [0.25, 0.3) is 0 Å². The molecular weight excluding hydrogens is 329 g/mol. The Hall–Kier alpha value is -0.887. The Morgan fingerprint density at radius 3 is 1.32 bits per heavy atom. The molecule has 0 spiro atoms. The Bertz CT molecular complexity index is 309. The molecule has 1 aliphatic carbocycles. The molecule has 0 atom stereocenters. The smallest absolute Gasteiger partial charge is 0.147 e. The van der Waals surface area contributed by atoms with Crippen LogP contribution in [-0.2, 0) is 33.9 Å². The molecule has 0 N–H and O–H groups in total. The molecule has 0 saturated carbocycles. The summed E-state index contributed by atoms with van der Waals surface area (Å²) in [7, 11) is 0. The number of rotatable bonds is 3. The zero-order chi connectivity index (χ0) is 14.0. The molecule has 19 heavy (non-hydrogen) atoms. The summed E-state index contributed by atoms with van der Waals surface area (Å²) < 4.78 is 0. The van der Waals surface area contributed by atoms with Gasteiger partial charge in [-0.15, -0.1) is 0 Å². The van der Waals surface area contributed by atoms with Gasteiger partial charge >= 0.3 is 0 Å². The van der Waals surface area contributed by atoms with Crippen molar-refractivity contribution in [2.75, 3.05) is 0 Å². The van der Waals surface area contributed by atoms with Crippen molar-refractivity contribution in [2.24, 2.45) is 5.92 Å². The van der Waals surface area contributed by atoms with Crippen molar-refractivity contribution in [1.29, 1.82) is 0 Å². The van der Waals surface area contributed by atoms with Crippen LogP contribution in [0, 0.1) is 5.92 Å². The van der Waals surface area contributed by atoms with E-state index in [2.05, 4.69) is 24.3 Å². The molecule has 1 rings (SSSR count). The van der Waals surface area contributed by atoms with Gasteiger partial charge in [-0.25, -0.2) is 0 Å². The summed E-state index contributed by atoms with van der Waals surface area (Å²) in [5.41, 5.74) is 0. The van der Waals surface area contributed by atoms with Crippen molar-refractivity contribution in [1.82, 2.24) is 0 Å². The van der Waals surface area contributed by atoms with Crippen molar-refractivity contribution in [3.63, 3.8) is 0 Å². The predicted octanol–water partition coefficient (Wildman–Crippen LogP) is 3.04. The van der Waals surface area contributed by atoms with Gasteiger partial charge in [-0.05, 0) is 46.5 Å². The van der Waals surface area contributed by atoms with Gasteiger partial charge in [-0.2, -0.15) is 0 Å². The summed E-state index contributed by atoms with van der Waals surface area (Å²) in [6, 6.07) is 0. The van der Waals surface area contributed by atoms with Crippen LogP contribution >= 0.6 is 0 Å². The van der Waals surface area contributed by atoms with E-state index in [4.69, 9.17) is 0 Å². The average Bonchev–Trinajstić information content (AvgIpc) is 2.13. The Kier molecular flexibility index (Phi) is 13.1. The Morgan fingerprint density at radius 1 is 0.789 bits per heavy atom. The first-order valence-electron chi connectivity index (χ1n) is 6.29. The van der Waals surface area contributed by atoms with Gasteiger partial charge in [0.1, 0.15) is 23.3 Å². The van der Waals surface area contributed by atoms with Gasteiger partial charge in [0, 0.05) is 19.5 Å². The maximum Gasteiger partial charge on any atom is 0.147 e. The number of allylic oxidation sites excluding steroid dienone is 4. The predicted molar refractivity (Wildman–Crippen MR) is 72.3 cm³/mol. The number of carbonyl (C=O) groups is 3. The van der Waals surface area contributed by atoms with Gasteiger partial charge in [-0.1, -0.05) is 24.3 Å². The maximum atomic E-state index is 10.6. The second-order valence-corrected chi connectivity index (χ2v) is 4.41. The van der Waals surface area contributed by atoms with E-state index in [1.54, 1.807) is 0 Å². The van der Waals surface area contributed by atoms with E-state index in [0.29, 0.717) is 0 Å². The summed E-state index contributed by atoms with van der Waals surface area (Å²) >= 11 is 0. The molecule has 4 heteroatoms. The van der Waals surface area contributed by atoms with E-state index in [-0.39, 0.29) is 36.8 Å². The molecule has 0 aromatic heterocycles. The maximum absolute atomic E-state index is 10.6. The summed E-state index contributed by atoms with van der Waals surface area (Å²) in [5, 5.41) is 0. The van der Waals surface area contributed by atoms with Crippen LogP contribution < -0.4 is 0 Å². The van der Waals surface area contributed by atoms with Gasteiger partial charge < -0.3 is 0 Å². The van der Waals surface area contributed by atoms with Crippen molar-refractivity contribution >= 4 is 17.3 Å². The molecule has 0 aromatic rings. The van der Waals surface area contributed by atoms with Crippen molar-refractivity contribution < 1.29 is 33.9 Å². The van der Waals surface area contributed by atoms with Crippen LogP contribution in [0.5, 0.6) is 0 Å². The minimum Gasteiger partial charge on any atom is -0.299 e. The summed E-state index contributed by atoms with van der Waals surface area (Å²) in [5.74, 6) is -2.15. The van der Waals surface area contributed by atoms with Crippen LogP contribution in [0.4, 0.5) is 0 Å². The first-order chi connectivity index (χ1) is 8.46. The largest absolute Gasteiger partial charge is 0.299 e. The Balaban J connectivity index is 0. The summed E-state index contributed by atoms with van der Waals surface area (Å²) in [6.07, 6.45) is 14.0. The Labute approximate surface area is 128 Å². The zero-order valence-corrected chi connectivity index (χ0v) is 13.5. The van der Waals surface area contributed by atoms with E-state index in [1.807, 2.05) is 0 Å². The summed E-state index contributed by atoms with van der Waals surface area (Å²) in [6.45, 7) is 3.73. The Morgan fingerprint density at radius 2 is 1.11 bits per heavy atom. The SMILES string of the molecule is C1=C\CCCC\C=C/1.CC(=O)C(C(C)=O)C(C)=O.[Ru]. The van der Waals surface area contributed by atoms with Crippen LogP contribution in [0.2, 0.25) is 0 Å². The fourth-order valence-corrected chi connectivity index (χ4v) is 1.73. The van der Waals surface area contributed by atoms with E-state index >= 15 is 0 Å². The standard InChI is InChI=1S/C8H12.C7H10O3.Ru/c1-2-4-6-8-7-5-3-1;1-4(8)7(5(2)9)6(3)10;/h1-4H,5-8H2;7H,1-3H3;/b3-1-,4-2-;;. The van der Waals surface area contributed by atoms with Crippen molar-refractivity contribution in [3.8, 4) is 0 Å². The number of ketones is 3. The molecule has 0 amide bonds. The monoisotopic (exact) mass is 352 g/mol. The number of carbonyl (C=O) groups excluding carboxylic acids is 3. The molecule has 0 saturated heterocycles.